The molecular weight excluding hydrogens is 370 g/mol. The van der Waals surface area contributed by atoms with Gasteiger partial charge < -0.3 is 14.5 Å². The second kappa shape index (κ2) is 8.71. The Bertz CT molecular complexity index is 801. The average molecular weight is 397 g/mol. The first-order valence-electron chi connectivity index (χ1n) is 8.95. The molecule has 8 nitrogen and oxygen atoms in total. The lowest BCUT2D eigenvalue weighted by atomic mass is 10.2. The van der Waals surface area contributed by atoms with Crippen LogP contribution in [0.3, 0.4) is 0 Å². The molecule has 0 saturated carbocycles. The topological polar surface area (TPSA) is 96.0 Å². The third-order valence-electron chi connectivity index (χ3n) is 4.44. The van der Waals surface area contributed by atoms with Crippen molar-refractivity contribution in [2.24, 2.45) is 0 Å². The van der Waals surface area contributed by atoms with Crippen molar-refractivity contribution in [3.05, 3.63) is 29.3 Å². The molecule has 1 N–H and O–H groups in total. The van der Waals surface area contributed by atoms with Gasteiger partial charge in [-0.25, -0.2) is 13.2 Å². The van der Waals surface area contributed by atoms with Gasteiger partial charge in [0.2, 0.25) is 15.9 Å². The summed E-state index contributed by atoms with van der Waals surface area (Å²) in [6.07, 6.45) is -0.395. The molecule has 1 aromatic rings. The third kappa shape index (κ3) is 5.20. The highest BCUT2D eigenvalue weighted by molar-refractivity contribution is 7.89. The maximum atomic E-state index is 12.6. The number of piperazine rings is 1. The van der Waals surface area contributed by atoms with E-state index in [4.69, 9.17) is 4.74 Å². The zero-order valence-electron chi connectivity index (χ0n) is 16.2. The van der Waals surface area contributed by atoms with Crippen molar-refractivity contribution in [1.29, 1.82) is 0 Å². The molecule has 2 amide bonds. The molecule has 1 heterocycles. The van der Waals surface area contributed by atoms with Gasteiger partial charge in [-0.05, 0) is 39.3 Å². The number of ether oxygens (including phenoxy) is 1. The molecule has 0 aliphatic carbocycles. The Labute approximate surface area is 160 Å². The van der Waals surface area contributed by atoms with Gasteiger partial charge in [0, 0.05) is 26.2 Å². The number of carbonyl (C=O) groups excluding carboxylic acids is 2. The van der Waals surface area contributed by atoms with E-state index in [0.29, 0.717) is 38.3 Å². The van der Waals surface area contributed by atoms with Crippen molar-refractivity contribution in [3.8, 4) is 0 Å². The maximum Gasteiger partial charge on any atom is 0.409 e. The van der Waals surface area contributed by atoms with Gasteiger partial charge >= 0.3 is 6.09 Å². The molecular formula is C18H27N3O5S. The van der Waals surface area contributed by atoms with Crippen LogP contribution in [0.1, 0.15) is 25.0 Å². The first-order valence-corrected chi connectivity index (χ1v) is 10.4. The minimum Gasteiger partial charge on any atom is -0.450 e. The smallest absolute Gasteiger partial charge is 0.409 e. The Morgan fingerprint density at radius 1 is 1.15 bits per heavy atom. The Morgan fingerprint density at radius 2 is 1.74 bits per heavy atom. The first kappa shape index (κ1) is 21.2. The monoisotopic (exact) mass is 397 g/mol. The Balaban J connectivity index is 1.98. The predicted molar refractivity (Wildman–Crippen MR) is 101 cm³/mol. The summed E-state index contributed by atoms with van der Waals surface area (Å²) >= 11 is 0. The number of rotatable bonds is 5. The number of nitrogens with one attached hydrogen (secondary N) is 1. The van der Waals surface area contributed by atoms with Gasteiger partial charge in [0.25, 0.3) is 0 Å². The minimum absolute atomic E-state index is 0.167. The van der Waals surface area contributed by atoms with Gasteiger partial charge in [0.05, 0.1) is 17.5 Å². The van der Waals surface area contributed by atoms with Crippen LogP contribution in [-0.4, -0.2) is 69.0 Å². The Morgan fingerprint density at radius 3 is 2.30 bits per heavy atom. The number of hydrogen-bond acceptors (Lipinski definition) is 5. The van der Waals surface area contributed by atoms with Crippen LogP contribution in [-0.2, 0) is 19.6 Å². The summed E-state index contributed by atoms with van der Waals surface area (Å²) in [6.45, 7) is 8.59. The van der Waals surface area contributed by atoms with Crippen LogP contribution in [0.4, 0.5) is 4.79 Å². The molecule has 0 bridgehead atoms. The Hall–Kier alpha value is -2.13. The van der Waals surface area contributed by atoms with E-state index >= 15 is 0 Å². The number of amides is 2. The lowest BCUT2D eigenvalue weighted by Crippen LogP contribution is -2.55. The molecule has 1 fully saturated rings. The molecule has 1 aliphatic rings. The summed E-state index contributed by atoms with van der Waals surface area (Å²) in [5, 5.41) is 0. The van der Waals surface area contributed by atoms with E-state index in [0.717, 1.165) is 5.56 Å². The van der Waals surface area contributed by atoms with Crippen molar-refractivity contribution >= 4 is 22.0 Å². The zero-order valence-corrected chi connectivity index (χ0v) is 17.0. The standard InChI is InChI=1S/C18H27N3O5S/c1-5-26-18(23)21-10-8-20(9-11-21)17(22)15(4)19-27(24,25)16-7-6-13(2)12-14(16)3/h6-7,12,15,19H,5,8-11H2,1-4H3/t15-/m0/s1. The summed E-state index contributed by atoms with van der Waals surface area (Å²) < 4.78 is 32.7. The molecule has 27 heavy (non-hydrogen) atoms. The fourth-order valence-corrected chi connectivity index (χ4v) is 4.47. The second-order valence-electron chi connectivity index (χ2n) is 6.62. The van der Waals surface area contributed by atoms with E-state index in [1.807, 2.05) is 6.92 Å². The highest BCUT2D eigenvalue weighted by Crippen LogP contribution is 2.17. The quantitative estimate of drug-likeness (QED) is 0.807. The van der Waals surface area contributed by atoms with Crippen molar-refractivity contribution in [2.45, 2.75) is 38.6 Å². The largest absolute Gasteiger partial charge is 0.450 e. The molecule has 0 unspecified atom stereocenters. The number of aryl methyl sites for hydroxylation is 2. The molecule has 1 atom stereocenters. The van der Waals surface area contributed by atoms with Crippen LogP contribution >= 0.6 is 0 Å². The van der Waals surface area contributed by atoms with Crippen molar-refractivity contribution < 1.29 is 22.7 Å². The SMILES string of the molecule is CCOC(=O)N1CCN(C(=O)[C@H](C)NS(=O)(=O)c2ccc(C)cc2C)CC1. The molecule has 2 rings (SSSR count). The van der Waals surface area contributed by atoms with Gasteiger partial charge in [0.15, 0.2) is 0 Å². The van der Waals surface area contributed by atoms with E-state index < -0.39 is 22.2 Å². The maximum absolute atomic E-state index is 12.6. The van der Waals surface area contributed by atoms with Crippen LogP contribution in [0, 0.1) is 13.8 Å². The summed E-state index contributed by atoms with van der Waals surface area (Å²) in [6, 6.07) is 4.16. The summed E-state index contributed by atoms with van der Waals surface area (Å²) in [7, 11) is -3.80. The third-order valence-corrected chi connectivity index (χ3v) is 6.14. The molecule has 0 radical (unpaired) electrons. The highest BCUT2D eigenvalue weighted by atomic mass is 32.2. The van der Waals surface area contributed by atoms with Crippen LogP contribution in [0.25, 0.3) is 0 Å². The average Bonchev–Trinajstić information content (AvgIpc) is 2.60. The second-order valence-corrected chi connectivity index (χ2v) is 8.31. The minimum atomic E-state index is -3.80. The van der Waals surface area contributed by atoms with Crippen molar-refractivity contribution in [1.82, 2.24) is 14.5 Å². The van der Waals surface area contributed by atoms with Crippen LogP contribution in [0.2, 0.25) is 0 Å². The fraction of sp³-hybridized carbons (Fsp3) is 0.556. The van der Waals surface area contributed by atoms with Crippen LogP contribution in [0.15, 0.2) is 23.1 Å². The molecule has 150 valence electrons. The number of carbonyl (C=O) groups is 2. The van der Waals surface area contributed by atoms with Gasteiger partial charge in [-0.3, -0.25) is 4.79 Å². The highest BCUT2D eigenvalue weighted by Gasteiger charge is 2.30. The molecule has 0 aromatic heterocycles. The molecule has 1 saturated heterocycles. The number of benzene rings is 1. The first-order chi connectivity index (χ1) is 12.7. The van der Waals surface area contributed by atoms with Crippen LogP contribution in [0.5, 0.6) is 0 Å². The summed E-state index contributed by atoms with van der Waals surface area (Å²) in [4.78, 5) is 27.6. The normalized spacial score (nSPS) is 16.1. The zero-order chi connectivity index (χ0) is 20.2. The molecule has 9 heteroatoms. The van der Waals surface area contributed by atoms with E-state index in [-0.39, 0.29) is 10.8 Å². The van der Waals surface area contributed by atoms with E-state index in [1.165, 1.54) is 11.8 Å². The summed E-state index contributed by atoms with van der Waals surface area (Å²) in [5.41, 5.74) is 1.60. The summed E-state index contributed by atoms with van der Waals surface area (Å²) in [5.74, 6) is -0.313. The van der Waals surface area contributed by atoms with E-state index in [9.17, 15) is 18.0 Å². The number of sulfonamides is 1. The molecule has 0 spiro atoms. The number of nitrogens with zero attached hydrogens (tertiary/aromatic N) is 2. The van der Waals surface area contributed by atoms with Crippen molar-refractivity contribution in [3.63, 3.8) is 0 Å². The lowest BCUT2D eigenvalue weighted by molar-refractivity contribution is -0.134. The van der Waals surface area contributed by atoms with Gasteiger partial charge in [0.1, 0.15) is 0 Å². The van der Waals surface area contributed by atoms with Crippen molar-refractivity contribution in [2.75, 3.05) is 32.8 Å². The predicted octanol–water partition coefficient (Wildman–Crippen LogP) is 1.27. The lowest BCUT2D eigenvalue weighted by Gasteiger charge is -2.35. The molecule has 1 aliphatic heterocycles. The van der Waals surface area contributed by atoms with E-state index in [1.54, 1.807) is 36.9 Å². The number of hydrogen-bond donors (Lipinski definition) is 1. The fourth-order valence-electron chi connectivity index (χ4n) is 3.05. The Kier molecular flexibility index (Phi) is 6.83. The molecule has 1 aromatic carbocycles. The van der Waals surface area contributed by atoms with E-state index in [2.05, 4.69) is 4.72 Å². The van der Waals surface area contributed by atoms with Gasteiger partial charge in [-0.2, -0.15) is 4.72 Å². The van der Waals surface area contributed by atoms with Gasteiger partial charge in [-0.1, -0.05) is 17.7 Å². The van der Waals surface area contributed by atoms with Gasteiger partial charge in [-0.15, -0.1) is 0 Å². The van der Waals surface area contributed by atoms with Crippen LogP contribution < -0.4 is 4.72 Å².